The molecule has 1 aromatic carbocycles. The summed E-state index contributed by atoms with van der Waals surface area (Å²) < 4.78 is 0. The van der Waals surface area contributed by atoms with E-state index in [1.54, 1.807) is 0 Å². The van der Waals surface area contributed by atoms with E-state index < -0.39 is 28.9 Å². The Morgan fingerprint density at radius 1 is 0.815 bits per heavy atom. The monoisotopic (exact) mass is 379 g/mol. The molecule has 0 fully saturated rings. The van der Waals surface area contributed by atoms with E-state index in [-0.39, 0.29) is 17.5 Å². The predicted molar refractivity (Wildman–Crippen MR) is 106 cm³/mol. The average molecular weight is 379 g/mol. The van der Waals surface area contributed by atoms with Crippen LogP contribution in [0.5, 0.6) is 17.2 Å². The molecule has 0 aliphatic heterocycles. The summed E-state index contributed by atoms with van der Waals surface area (Å²) in [4.78, 5) is 24.5. The molecule has 0 heterocycles. The van der Waals surface area contributed by atoms with Gasteiger partial charge in [0, 0.05) is 19.0 Å². The van der Waals surface area contributed by atoms with Crippen molar-refractivity contribution in [1.29, 1.82) is 0 Å². The number of aromatic hydroxyl groups is 3. The number of phenolic OH excluding ortho intramolecular Hbond substituents is 3. The van der Waals surface area contributed by atoms with Crippen molar-refractivity contribution in [2.45, 2.75) is 78.1 Å². The average Bonchev–Trinajstić information content (AvgIpc) is 2.61. The van der Waals surface area contributed by atoms with Crippen LogP contribution >= 0.6 is 0 Å². The molecule has 0 saturated carbocycles. The largest absolute Gasteiger partial charge is 0.507 e. The highest BCUT2D eigenvalue weighted by Crippen LogP contribution is 2.38. The van der Waals surface area contributed by atoms with Crippen molar-refractivity contribution in [1.82, 2.24) is 5.32 Å². The van der Waals surface area contributed by atoms with Crippen molar-refractivity contribution in [3.05, 3.63) is 17.2 Å². The topological polar surface area (TPSA) is 107 Å². The molecule has 0 bridgehead atoms. The molecule has 0 radical (unpaired) electrons. The quantitative estimate of drug-likeness (QED) is 0.295. The molecular formula is C21H33NO5. The highest BCUT2D eigenvalue weighted by molar-refractivity contribution is 6.08. The smallest absolute Gasteiger partial charge is 0.258 e. The molecule has 152 valence electrons. The van der Waals surface area contributed by atoms with Gasteiger partial charge in [-0.25, -0.2) is 0 Å². The number of carbonyl (C=O) groups excluding carboxylic acids is 2. The summed E-state index contributed by atoms with van der Waals surface area (Å²) in [5.41, 5.74) is -0.669. The van der Waals surface area contributed by atoms with Crippen LogP contribution in [0.25, 0.3) is 0 Å². The molecule has 0 unspecified atom stereocenters. The maximum atomic E-state index is 12.4. The molecule has 0 aliphatic carbocycles. The third kappa shape index (κ3) is 7.12. The van der Waals surface area contributed by atoms with Crippen LogP contribution in [0, 0.1) is 0 Å². The fourth-order valence-corrected chi connectivity index (χ4v) is 3.01. The van der Waals surface area contributed by atoms with Crippen molar-refractivity contribution in [2.24, 2.45) is 0 Å². The molecule has 1 aromatic rings. The normalized spacial score (nSPS) is 10.7. The zero-order chi connectivity index (χ0) is 20.2. The second-order valence-electron chi connectivity index (χ2n) is 6.92. The van der Waals surface area contributed by atoms with Crippen molar-refractivity contribution in [3.63, 3.8) is 0 Å². The van der Waals surface area contributed by atoms with Gasteiger partial charge in [0.1, 0.15) is 28.4 Å². The van der Waals surface area contributed by atoms with Gasteiger partial charge in [0.05, 0.1) is 0 Å². The van der Waals surface area contributed by atoms with Crippen molar-refractivity contribution in [3.8, 4) is 17.2 Å². The van der Waals surface area contributed by atoms with Gasteiger partial charge in [0.15, 0.2) is 5.78 Å². The lowest BCUT2D eigenvalue weighted by Crippen LogP contribution is -2.24. The lowest BCUT2D eigenvalue weighted by atomic mass is 9.98. The highest BCUT2D eigenvalue weighted by Gasteiger charge is 2.26. The van der Waals surface area contributed by atoms with Crippen LogP contribution in [0.4, 0.5) is 0 Å². The third-order valence-corrected chi connectivity index (χ3v) is 4.56. The standard InChI is InChI=1S/C21H33NO5/c1-3-5-6-7-8-9-10-11-12-15(23)18-16(24)14-17(25)19(20(18)26)21(27)22-13-4-2/h14,24-26H,3-13H2,1-2H3,(H,22,27). The minimum Gasteiger partial charge on any atom is -0.507 e. The van der Waals surface area contributed by atoms with E-state index in [1.807, 2.05) is 6.92 Å². The number of rotatable bonds is 13. The van der Waals surface area contributed by atoms with Gasteiger partial charge in [-0.3, -0.25) is 9.59 Å². The van der Waals surface area contributed by atoms with Crippen LogP contribution in [0.15, 0.2) is 6.07 Å². The van der Waals surface area contributed by atoms with E-state index in [1.165, 1.54) is 25.7 Å². The van der Waals surface area contributed by atoms with Crippen LogP contribution in [0.3, 0.4) is 0 Å². The minimum atomic E-state index is -0.673. The fraction of sp³-hybridized carbons (Fsp3) is 0.619. The second kappa shape index (κ2) is 12.2. The SMILES string of the molecule is CCCCCCCCCCC(=O)c1c(O)cc(O)c(C(=O)NCCC)c1O. The second-order valence-corrected chi connectivity index (χ2v) is 6.92. The number of carbonyl (C=O) groups is 2. The molecular weight excluding hydrogens is 346 g/mol. The first-order valence-corrected chi connectivity index (χ1v) is 10.0. The molecule has 6 nitrogen and oxygen atoms in total. The Balaban J connectivity index is 2.67. The molecule has 1 rings (SSSR count). The molecule has 6 heteroatoms. The Labute approximate surface area is 161 Å². The summed E-state index contributed by atoms with van der Waals surface area (Å²) in [5.74, 6) is -2.83. The Hall–Kier alpha value is -2.24. The van der Waals surface area contributed by atoms with E-state index >= 15 is 0 Å². The number of hydrogen-bond donors (Lipinski definition) is 4. The number of phenols is 3. The summed E-state index contributed by atoms with van der Waals surface area (Å²) >= 11 is 0. The van der Waals surface area contributed by atoms with Gasteiger partial charge in [-0.05, 0) is 12.8 Å². The van der Waals surface area contributed by atoms with Gasteiger partial charge >= 0.3 is 0 Å². The number of amides is 1. The maximum absolute atomic E-state index is 12.4. The van der Waals surface area contributed by atoms with E-state index in [0.717, 1.165) is 25.3 Å². The molecule has 0 aliphatic rings. The Morgan fingerprint density at radius 2 is 1.37 bits per heavy atom. The Morgan fingerprint density at radius 3 is 1.96 bits per heavy atom. The summed E-state index contributed by atoms with van der Waals surface area (Å²) in [6, 6.07) is 0.932. The van der Waals surface area contributed by atoms with Gasteiger partial charge in [-0.1, -0.05) is 58.8 Å². The van der Waals surface area contributed by atoms with Crippen molar-refractivity contribution < 1.29 is 24.9 Å². The Kier molecular flexibility index (Phi) is 10.3. The van der Waals surface area contributed by atoms with Gasteiger partial charge < -0.3 is 20.6 Å². The fourth-order valence-electron chi connectivity index (χ4n) is 3.01. The number of ketones is 1. The lowest BCUT2D eigenvalue weighted by molar-refractivity contribution is 0.0948. The molecule has 0 saturated heterocycles. The van der Waals surface area contributed by atoms with Crippen molar-refractivity contribution in [2.75, 3.05) is 6.54 Å². The maximum Gasteiger partial charge on any atom is 0.258 e. The molecule has 0 atom stereocenters. The number of benzene rings is 1. The predicted octanol–water partition coefficient (Wildman–Crippen LogP) is 4.66. The minimum absolute atomic E-state index is 0.177. The van der Waals surface area contributed by atoms with E-state index in [2.05, 4.69) is 12.2 Å². The third-order valence-electron chi connectivity index (χ3n) is 4.56. The highest BCUT2D eigenvalue weighted by atomic mass is 16.3. The number of unbranched alkanes of at least 4 members (excludes halogenated alkanes) is 7. The van der Waals surface area contributed by atoms with Crippen LogP contribution < -0.4 is 5.32 Å². The van der Waals surface area contributed by atoms with Gasteiger partial charge in [-0.15, -0.1) is 0 Å². The van der Waals surface area contributed by atoms with Gasteiger partial charge in [-0.2, -0.15) is 0 Å². The molecule has 1 amide bonds. The lowest BCUT2D eigenvalue weighted by Gasteiger charge is -2.13. The molecule has 27 heavy (non-hydrogen) atoms. The molecule has 0 aromatic heterocycles. The summed E-state index contributed by atoms with van der Waals surface area (Å²) in [7, 11) is 0. The number of nitrogens with one attached hydrogen (secondary N) is 1. The summed E-state index contributed by atoms with van der Waals surface area (Å²) in [6.45, 7) is 4.42. The van der Waals surface area contributed by atoms with Crippen LogP contribution in [0.2, 0.25) is 0 Å². The molecule has 4 N–H and O–H groups in total. The van der Waals surface area contributed by atoms with Crippen LogP contribution in [-0.4, -0.2) is 33.6 Å². The van der Waals surface area contributed by atoms with Crippen LogP contribution in [0.1, 0.15) is 98.8 Å². The first kappa shape index (κ1) is 22.8. The number of hydrogen-bond acceptors (Lipinski definition) is 5. The van der Waals surface area contributed by atoms with Gasteiger partial charge in [0.25, 0.3) is 5.91 Å². The van der Waals surface area contributed by atoms with E-state index in [4.69, 9.17) is 0 Å². The Bertz CT molecular complexity index is 627. The van der Waals surface area contributed by atoms with E-state index in [0.29, 0.717) is 19.4 Å². The zero-order valence-electron chi connectivity index (χ0n) is 16.5. The summed E-state index contributed by atoms with van der Waals surface area (Å²) in [5, 5.41) is 32.7. The zero-order valence-corrected chi connectivity index (χ0v) is 16.5. The molecule has 0 spiro atoms. The van der Waals surface area contributed by atoms with Crippen molar-refractivity contribution >= 4 is 11.7 Å². The first-order valence-electron chi connectivity index (χ1n) is 10.0. The first-order chi connectivity index (χ1) is 12.9. The van der Waals surface area contributed by atoms with Crippen LogP contribution in [-0.2, 0) is 0 Å². The number of Topliss-reactive ketones (excluding diaryl/α,β-unsaturated/α-hetero) is 1. The van der Waals surface area contributed by atoms with E-state index in [9.17, 15) is 24.9 Å². The summed E-state index contributed by atoms with van der Waals surface area (Å²) in [6.07, 6.45) is 9.54. The van der Waals surface area contributed by atoms with Gasteiger partial charge in [0.2, 0.25) is 0 Å².